The first-order valence-electron chi connectivity index (χ1n) is 5.50. The molecule has 2 nitrogen and oxygen atoms in total. The standard InChI is InChI=1S/C13H15BrN2S/c1-8-9(2)17-13(16-8)7-12(15)10-3-5-11(14)6-4-10/h3-6,12H,7,15H2,1-2H3. The second kappa shape index (κ2) is 5.29. The molecule has 0 saturated heterocycles. The smallest absolute Gasteiger partial charge is 0.0949 e. The van der Waals surface area contributed by atoms with E-state index in [4.69, 9.17) is 5.73 Å². The Balaban J connectivity index is 2.11. The van der Waals surface area contributed by atoms with Gasteiger partial charge in [-0.1, -0.05) is 28.1 Å². The Hall–Kier alpha value is -0.710. The van der Waals surface area contributed by atoms with Gasteiger partial charge in [-0.05, 0) is 31.5 Å². The number of thiazole rings is 1. The number of aryl methyl sites for hydroxylation is 2. The van der Waals surface area contributed by atoms with Crippen molar-refractivity contribution in [2.24, 2.45) is 5.73 Å². The Morgan fingerprint density at radius 1 is 1.29 bits per heavy atom. The monoisotopic (exact) mass is 310 g/mol. The zero-order chi connectivity index (χ0) is 12.4. The van der Waals surface area contributed by atoms with E-state index in [-0.39, 0.29) is 6.04 Å². The summed E-state index contributed by atoms with van der Waals surface area (Å²) in [6, 6.07) is 8.18. The van der Waals surface area contributed by atoms with Crippen molar-refractivity contribution in [2.75, 3.05) is 0 Å². The second-order valence-corrected chi connectivity index (χ2v) is 6.31. The lowest BCUT2D eigenvalue weighted by atomic mass is 10.1. The molecule has 0 amide bonds. The van der Waals surface area contributed by atoms with Gasteiger partial charge in [0.2, 0.25) is 0 Å². The highest BCUT2D eigenvalue weighted by atomic mass is 79.9. The fraction of sp³-hybridized carbons (Fsp3) is 0.308. The molecule has 0 radical (unpaired) electrons. The Morgan fingerprint density at radius 3 is 2.47 bits per heavy atom. The van der Waals surface area contributed by atoms with Crippen LogP contribution < -0.4 is 5.73 Å². The SMILES string of the molecule is Cc1nc(CC(N)c2ccc(Br)cc2)sc1C. The molecule has 90 valence electrons. The number of hydrogen-bond acceptors (Lipinski definition) is 3. The van der Waals surface area contributed by atoms with Gasteiger partial charge < -0.3 is 5.73 Å². The second-order valence-electron chi connectivity index (χ2n) is 4.11. The number of nitrogens with two attached hydrogens (primary N) is 1. The summed E-state index contributed by atoms with van der Waals surface area (Å²) in [6.45, 7) is 4.14. The van der Waals surface area contributed by atoms with Crippen LogP contribution in [-0.2, 0) is 6.42 Å². The molecule has 0 aliphatic rings. The third-order valence-electron chi connectivity index (χ3n) is 2.77. The maximum absolute atomic E-state index is 6.19. The van der Waals surface area contributed by atoms with Crippen molar-refractivity contribution >= 4 is 27.3 Å². The minimum Gasteiger partial charge on any atom is -0.324 e. The van der Waals surface area contributed by atoms with Crippen molar-refractivity contribution in [3.63, 3.8) is 0 Å². The average molecular weight is 311 g/mol. The predicted octanol–water partition coefficient (Wildman–Crippen LogP) is 3.76. The van der Waals surface area contributed by atoms with Gasteiger partial charge >= 0.3 is 0 Å². The highest BCUT2D eigenvalue weighted by Crippen LogP contribution is 2.23. The molecular formula is C13H15BrN2S. The predicted molar refractivity (Wildman–Crippen MR) is 76.4 cm³/mol. The summed E-state index contributed by atoms with van der Waals surface area (Å²) in [7, 11) is 0. The Kier molecular flexibility index (Phi) is 3.97. The molecule has 0 spiro atoms. The van der Waals surface area contributed by atoms with Gasteiger partial charge in [0.1, 0.15) is 0 Å². The quantitative estimate of drug-likeness (QED) is 0.937. The fourth-order valence-electron chi connectivity index (χ4n) is 1.64. The molecule has 0 fully saturated rings. The van der Waals surface area contributed by atoms with Crippen LogP contribution in [0.3, 0.4) is 0 Å². The molecule has 1 aromatic heterocycles. The number of rotatable bonds is 3. The van der Waals surface area contributed by atoms with E-state index in [2.05, 4.69) is 40.0 Å². The van der Waals surface area contributed by atoms with Crippen LogP contribution in [0.5, 0.6) is 0 Å². The highest BCUT2D eigenvalue weighted by molar-refractivity contribution is 9.10. The summed E-state index contributed by atoms with van der Waals surface area (Å²) in [6.07, 6.45) is 0.807. The summed E-state index contributed by atoms with van der Waals surface area (Å²) in [4.78, 5) is 5.80. The lowest BCUT2D eigenvalue weighted by Gasteiger charge is -2.10. The van der Waals surface area contributed by atoms with Crippen molar-refractivity contribution in [1.29, 1.82) is 0 Å². The topological polar surface area (TPSA) is 38.9 Å². The number of benzene rings is 1. The summed E-state index contributed by atoms with van der Waals surface area (Å²) in [5.41, 5.74) is 8.46. The van der Waals surface area contributed by atoms with E-state index in [9.17, 15) is 0 Å². The van der Waals surface area contributed by atoms with Crippen LogP contribution >= 0.6 is 27.3 Å². The number of nitrogens with zero attached hydrogens (tertiary/aromatic N) is 1. The molecule has 1 unspecified atom stereocenters. The van der Waals surface area contributed by atoms with Gasteiger partial charge in [-0.3, -0.25) is 0 Å². The molecule has 2 rings (SSSR count). The third kappa shape index (κ3) is 3.15. The molecule has 17 heavy (non-hydrogen) atoms. The van der Waals surface area contributed by atoms with Crippen LogP contribution in [0.2, 0.25) is 0 Å². The van der Waals surface area contributed by atoms with Crippen molar-refractivity contribution < 1.29 is 0 Å². The maximum Gasteiger partial charge on any atom is 0.0949 e. The largest absolute Gasteiger partial charge is 0.324 e. The summed E-state index contributed by atoms with van der Waals surface area (Å²) in [5, 5.41) is 1.12. The van der Waals surface area contributed by atoms with E-state index < -0.39 is 0 Å². The van der Waals surface area contributed by atoms with Crippen molar-refractivity contribution in [1.82, 2.24) is 4.98 Å². The van der Waals surface area contributed by atoms with E-state index in [1.807, 2.05) is 19.1 Å². The minimum atomic E-state index is 0.0213. The Labute approximate surface area is 114 Å². The molecule has 1 heterocycles. The molecule has 0 saturated carbocycles. The molecular weight excluding hydrogens is 296 g/mol. The van der Waals surface area contributed by atoms with Gasteiger partial charge in [0.25, 0.3) is 0 Å². The van der Waals surface area contributed by atoms with Crippen LogP contribution in [-0.4, -0.2) is 4.98 Å². The van der Waals surface area contributed by atoms with Crippen molar-refractivity contribution in [2.45, 2.75) is 26.3 Å². The molecule has 1 aromatic carbocycles. The van der Waals surface area contributed by atoms with E-state index in [0.29, 0.717) is 0 Å². The van der Waals surface area contributed by atoms with Gasteiger partial charge in [0.15, 0.2) is 0 Å². The van der Waals surface area contributed by atoms with E-state index in [1.165, 1.54) is 4.88 Å². The number of aromatic nitrogens is 1. The zero-order valence-corrected chi connectivity index (χ0v) is 12.3. The van der Waals surface area contributed by atoms with Crippen molar-refractivity contribution in [3.05, 3.63) is 49.9 Å². The van der Waals surface area contributed by atoms with Gasteiger partial charge in [0.05, 0.1) is 10.7 Å². The van der Waals surface area contributed by atoms with E-state index in [0.717, 1.165) is 27.2 Å². The lowest BCUT2D eigenvalue weighted by molar-refractivity contribution is 0.716. The molecule has 0 aliphatic heterocycles. The van der Waals surface area contributed by atoms with Crippen molar-refractivity contribution in [3.8, 4) is 0 Å². The third-order valence-corrected chi connectivity index (χ3v) is 4.39. The van der Waals surface area contributed by atoms with Crippen LogP contribution in [0.1, 0.15) is 27.2 Å². The molecule has 4 heteroatoms. The minimum absolute atomic E-state index is 0.0213. The first-order valence-corrected chi connectivity index (χ1v) is 7.11. The average Bonchev–Trinajstić information content (AvgIpc) is 2.58. The van der Waals surface area contributed by atoms with E-state index in [1.54, 1.807) is 11.3 Å². The number of hydrogen-bond donors (Lipinski definition) is 1. The van der Waals surface area contributed by atoms with Gasteiger partial charge in [0, 0.05) is 21.8 Å². The lowest BCUT2D eigenvalue weighted by Crippen LogP contribution is -2.13. The maximum atomic E-state index is 6.19. The van der Waals surface area contributed by atoms with Crippen LogP contribution in [0.25, 0.3) is 0 Å². The molecule has 0 bridgehead atoms. The molecule has 2 aromatic rings. The zero-order valence-electron chi connectivity index (χ0n) is 9.90. The molecule has 2 N–H and O–H groups in total. The number of halogens is 1. The van der Waals surface area contributed by atoms with Gasteiger partial charge in [-0.2, -0.15) is 0 Å². The molecule has 0 aliphatic carbocycles. The molecule has 1 atom stereocenters. The summed E-state index contributed by atoms with van der Waals surface area (Å²) in [5.74, 6) is 0. The summed E-state index contributed by atoms with van der Waals surface area (Å²) < 4.78 is 1.08. The Morgan fingerprint density at radius 2 is 1.94 bits per heavy atom. The fourth-order valence-corrected chi connectivity index (χ4v) is 2.90. The first-order chi connectivity index (χ1) is 8.06. The highest BCUT2D eigenvalue weighted by Gasteiger charge is 2.11. The van der Waals surface area contributed by atoms with Crippen LogP contribution in [0.4, 0.5) is 0 Å². The van der Waals surface area contributed by atoms with Crippen LogP contribution in [0.15, 0.2) is 28.7 Å². The normalized spacial score (nSPS) is 12.7. The van der Waals surface area contributed by atoms with E-state index >= 15 is 0 Å². The Bertz CT molecular complexity index is 485. The van der Waals surface area contributed by atoms with Gasteiger partial charge in [-0.25, -0.2) is 4.98 Å². The summed E-state index contributed by atoms with van der Waals surface area (Å²) >= 11 is 5.16. The first kappa shape index (κ1) is 12.7. The van der Waals surface area contributed by atoms with Crippen LogP contribution in [0, 0.1) is 13.8 Å². The van der Waals surface area contributed by atoms with Gasteiger partial charge in [-0.15, -0.1) is 11.3 Å².